The highest BCUT2D eigenvalue weighted by molar-refractivity contribution is 9.10. The predicted molar refractivity (Wildman–Crippen MR) is 77.8 cm³/mol. The summed E-state index contributed by atoms with van der Waals surface area (Å²) in [5.41, 5.74) is 7.91. The van der Waals surface area contributed by atoms with E-state index in [-0.39, 0.29) is 5.91 Å². The highest BCUT2D eigenvalue weighted by Crippen LogP contribution is 2.17. The maximum Gasteiger partial charge on any atom is 0.251 e. The quantitative estimate of drug-likeness (QED) is 0.842. The van der Waals surface area contributed by atoms with Gasteiger partial charge in [-0.1, -0.05) is 15.9 Å². The molecule has 1 aromatic carbocycles. The summed E-state index contributed by atoms with van der Waals surface area (Å²) >= 11 is 3.32. The van der Waals surface area contributed by atoms with Crippen LogP contribution in [0.2, 0.25) is 0 Å². The third kappa shape index (κ3) is 3.82. The Labute approximate surface area is 119 Å². The van der Waals surface area contributed by atoms with Gasteiger partial charge >= 0.3 is 0 Å². The highest BCUT2D eigenvalue weighted by atomic mass is 79.9. The van der Waals surface area contributed by atoms with Gasteiger partial charge < -0.3 is 11.1 Å². The molecule has 0 aliphatic carbocycles. The third-order valence-corrected chi connectivity index (χ3v) is 3.10. The number of nitrogen functional groups attached to an aromatic ring is 1. The normalized spacial score (nSPS) is 10.4. The molecule has 100 valence electrons. The molecule has 0 radical (unpaired) electrons. The van der Waals surface area contributed by atoms with Crippen LogP contribution in [0.4, 0.5) is 5.69 Å². The molecule has 2 rings (SSSR count). The molecule has 0 aliphatic rings. The van der Waals surface area contributed by atoms with Gasteiger partial charge in [0.1, 0.15) is 0 Å². The summed E-state index contributed by atoms with van der Waals surface area (Å²) < 4.78 is 2.54. The smallest absolute Gasteiger partial charge is 0.251 e. The fraction of sp³-hybridized carbons (Fsp3) is 0.231. The number of rotatable bonds is 4. The molecule has 0 saturated heterocycles. The van der Waals surface area contributed by atoms with Crippen LogP contribution in [0.5, 0.6) is 0 Å². The molecule has 2 aromatic rings. The lowest BCUT2D eigenvalue weighted by Gasteiger charge is -2.06. The van der Waals surface area contributed by atoms with Crippen LogP contribution in [0.1, 0.15) is 15.9 Å². The minimum atomic E-state index is -0.128. The van der Waals surface area contributed by atoms with Crippen LogP contribution in [-0.4, -0.2) is 22.2 Å². The van der Waals surface area contributed by atoms with E-state index in [9.17, 15) is 4.79 Å². The molecule has 0 spiro atoms. The van der Waals surface area contributed by atoms with Gasteiger partial charge in [0.05, 0.1) is 6.20 Å². The summed E-state index contributed by atoms with van der Waals surface area (Å²) in [6.07, 6.45) is 4.48. The van der Waals surface area contributed by atoms with Crippen LogP contribution in [-0.2, 0) is 13.5 Å². The van der Waals surface area contributed by atoms with Crippen molar-refractivity contribution < 1.29 is 4.79 Å². The number of anilines is 1. The summed E-state index contributed by atoms with van der Waals surface area (Å²) in [4.78, 5) is 11.9. The molecule has 19 heavy (non-hydrogen) atoms. The summed E-state index contributed by atoms with van der Waals surface area (Å²) in [7, 11) is 1.87. The molecule has 1 aromatic heterocycles. The number of hydrogen-bond donors (Lipinski definition) is 2. The third-order valence-electron chi connectivity index (χ3n) is 2.64. The molecule has 0 aliphatic heterocycles. The Kier molecular flexibility index (Phi) is 4.21. The van der Waals surface area contributed by atoms with Gasteiger partial charge in [0.2, 0.25) is 0 Å². The fourth-order valence-electron chi connectivity index (χ4n) is 1.77. The first kappa shape index (κ1) is 13.6. The van der Waals surface area contributed by atoms with E-state index in [2.05, 4.69) is 26.3 Å². The molecule has 6 heteroatoms. The van der Waals surface area contributed by atoms with Crippen molar-refractivity contribution in [1.82, 2.24) is 15.1 Å². The number of amides is 1. The average Bonchev–Trinajstić information content (AvgIpc) is 2.73. The van der Waals surface area contributed by atoms with Crippen LogP contribution in [0.3, 0.4) is 0 Å². The number of benzene rings is 1. The molecule has 5 nitrogen and oxygen atoms in total. The molecule has 1 amide bonds. The number of hydrogen-bond acceptors (Lipinski definition) is 3. The molecule has 0 saturated carbocycles. The van der Waals surface area contributed by atoms with Crippen LogP contribution < -0.4 is 11.1 Å². The molecule has 0 unspecified atom stereocenters. The highest BCUT2D eigenvalue weighted by Gasteiger charge is 2.07. The molecular weight excluding hydrogens is 308 g/mol. The lowest BCUT2D eigenvalue weighted by atomic mass is 10.2. The van der Waals surface area contributed by atoms with Gasteiger partial charge in [0.25, 0.3) is 5.91 Å². The zero-order valence-corrected chi connectivity index (χ0v) is 12.1. The number of nitrogens with one attached hydrogen (secondary N) is 1. The Morgan fingerprint density at radius 2 is 2.26 bits per heavy atom. The standard InChI is InChI=1S/C13H15BrN4O/c1-18-8-9(7-17-18)2-3-16-13(19)10-4-11(14)6-12(15)5-10/h4-8H,2-3,15H2,1H3,(H,16,19). The van der Waals surface area contributed by atoms with Crippen molar-refractivity contribution in [3.63, 3.8) is 0 Å². The summed E-state index contributed by atoms with van der Waals surface area (Å²) in [5, 5.41) is 6.94. The summed E-state index contributed by atoms with van der Waals surface area (Å²) in [6, 6.07) is 5.16. The van der Waals surface area contributed by atoms with E-state index >= 15 is 0 Å². The van der Waals surface area contributed by atoms with Crippen LogP contribution in [0, 0.1) is 0 Å². The number of aryl methyl sites for hydroxylation is 1. The summed E-state index contributed by atoms with van der Waals surface area (Å²) in [6.45, 7) is 0.566. The lowest BCUT2D eigenvalue weighted by Crippen LogP contribution is -2.25. The van der Waals surface area contributed by atoms with E-state index in [1.807, 2.05) is 13.2 Å². The van der Waals surface area contributed by atoms with Gasteiger partial charge in [-0.25, -0.2) is 0 Å². The van der Waals surface area contributed by atoms with E-state index in [0.717, 1.165) is 16.5 Å². The first-order valence-electron chi connectivity index (χ1n) is 5.86. The average molecular weight is 323 g/mol. The van der Waals surface area contributed by atoms with Crippen LogP contribution in [0.25, 0.3) is 0 Å². The van der Waals surface area contributed by atoms with Crippen molar-refractivity contribution in [1.29, 1.82) is 0 Å². The maximum absolute atomic E-state index is 11.9. The van der Waals surface area contributed by atoms with Gasteiger partial charge in [-0.2, -0.15) is 5.10 Å². The zero-order chi connectivity index (χ0) is 13.8. The maximum atomic E-state index is 11.9. The van der Waals surface area contributed by atoms with E-state index < -0.39 is 0 Å². The molecule has 0 atom stereocenters. The summed E-state index contributed by atoms with van der Waals surface area (Å²) in [5.74, 6) is -0.128. The second kappa shape index (κ2) is 5.88. The molecular formula is C13H15BrN4O. The second-order valence-electron chi connectivity index (χ2n) is 4.30. The molecule has 0 fully saturated rings. The van der Waals surface area contributed by atoms with E-state index in [0.29, 0.717) is 17.8 Å². The Morgan fingerprint density at radius 3 is 2.89 bits per heavy atom. The lowest BCUT2D eigenvalue weighted by molar-refractivity contribution is 0.0954. The minimum Gasteiger partial charge on any atom is -0.399 e. The minimum absolute atomic E-state index is 0.128. The number of carbonyl (C=O) groups is 1. The van der Waals surface area contributed by atoms with E-state index in [1.54, 1.807) is 29.1 Å². The van der Waals surface area contributed by atoms with Gasteiger partial charge in [-0.15, -0.1) is 0 Å². The monoisotopic (exact) mass is 322 g/mol. The van der Waals surface area contributed by atoms with Crippen molar-refractivity contribution >= 4 is 27.5 Å². The first-order valence-corrected chi connectivity index (χ1v) is 6.65. The second-order valence-corrected chi connectivity index (χ2v) is 5.22. The topological polar surface area (TPSA) is 72.9 Å². The Balaban J connectivity index is 1.90. The number of aromatic nitrogens is 2. The molecule has 1 heterocycles. The van der Waals surface area contributed by atoms with Crippen LogP contribution in [0.15, 0.2) is 35.1 Å². The van der Waals surface area contributed by atoms with Gasteiger partial charge in [-0.05, 0) is 30.2 Å². The fourth-order valence-corrected chi connectivity index (χ4v) is 2.28. The number of nitrogens with two attached hydrogens (primary N) is 1. The Hall–Kier alpha value is -1.82. The first-order chi connectivity index (χ1) is 9.04. The van der Waals surface area contributed by atoms with Gasteiger partial charge in [0.15, 0.2) is 0 Å². The predicted octanol–water partition coefficient (Wildman–Crippen LogP) is 1.74. The van der Waals surface area contributed by atoms with Gasteiger partial charge in [0, 0.05) is 35.5 Å². The Bertz CT molecular complexity index is 574. The van der Waals surface area contributed by atoms with Gasteiger partial charge in [-0.3, -0.25) is 9.48 Å². The number of carbonyl (C=O) groups excluding carboxylic acids is 1. The Morgan fingerprint density at radius 1 is 1.47 bits per heavy atom. The molecule has 0 bridgehead atoms. The van der Waals surface area contributed by atoms with E-state index in [1.165, 1.54) is 0 Å². The van der Waals surface area contributed by atoms with E-state index in [4.69, 9.17) is 5.73 Å². The largest absolute Gasteiger partial charge is 0.399 e. The number of nitrogens with zero attached hydrogens (tertiary/aromatic N) is 2. The van der Waals surface area contributed by atoms with Crippen LogP contribution >= 0.6 is 15.9 Å². The number of halogens is 1. The molecule has 3 N–H and O–H groups in total. The van der Waals surface area contributed by atoms with Crippen molar-refractivity contribution in [3.05, 3.63) is 46.2 Å². The van der Waals surface area contributed by atoms with Crippen molar-refractivity contribution in [3.8, 4) is 0 Å². The van der Waals surface area contributed by atoms with Crippen molar-refractivity contribution in [2.75, 3.05) is 12.3 Å². The zero-order valence-electron chi connectivity index (χ0n) is 10.6. The van der Waals surface area contributed by atoms with Crippen molar-refractivity contribution in [2.24, 2.45) is 7.05 Å². The van der Waals surface area contributed by atoms with Crippen molar-refractivity contribution in [2.45, 2.75) is 6.42 Å². The SMILES string of the molecule is Cn1cc(CCNC(=O)c2cc(N)cc(Br)c2)cn1.